The number of nitrogens with zero attached hydrogens (tertiary/aromatic N) is 1. The van der Waals surface area contributed by atoms with E-state index in [9.17, 15) is 4.79 Å². The summed E-state index contributed by atoms with van der Waals surface area (Å²) in [5.74, 6) is 1.37. The number of nitriles is 1. The Morgan fingerprint density at radius 2 is 1.74 bits per heavy atom. The standard InChI is InChI=1S/C21H25N3O3/c1-3-26-19-10-7-16(13-20(19)27-4-2)11-12-23-21(25)15-24-18-8-5-17(14-22)6-9-18/h5-10,13,24H,3-4,11-12,15H2,1-2H3,(H,23,25). The molecule has 0 aliphatic heterocycles. The van der Waals surface area contributed by atoms with Crippen molar-refractivity contribution in [3.05, 3.63) is 53.6 Å². The maximum atomic E-state index is 12.0. The highest BCUT2D eigenvalue weighted by Gasteiger charge is 2.07. The van der Waals surface area contributed by atoms with Crippen molar-refractivity contribution in [2.24, 2.45) is 0 Å². The molecular formula is C21H25N3O3. The molecule has 0 unspecified atom stereocenters. The Morgan fingerprint density at radius 1 is 1.04 bits per heavy atom. The first kappa shape index (κ1) is 20.1. The van der Waals surface area contributed by atoms with Crippen molar-refractivity contribution in [1.82, 2.24) is 5.32 Å². The zero-order valence-corrected chi connectivity index (χ0v) is 15.7. The molecular weight excluding hydrogens is 342 g/mol. The molecule has 2 aromatic rings. The topological polar surface area (TPSA) is 83.4 Å². The molecule has 0 spiro atoms. The first-order valence-corrected chi connectivity index (χ1v) is 9.05. The number of carbonyl (C=O) groups excluding carboxylic acids is 1. The van der Waals surface area contributed by atoms with Gasteiger partial charge >= 0.3 is 0 Å². The van der Waals surface area contributed by atoms with Crippen LogP contribution >= 0.6 is 0 Å². The highest BCUT2D eigenvalue weighted by molar-refractivity contribution is 5.80. The predicted molar refractivity (Wildman–Crippen MR) is 105 cm³/mol. The number of ether oxygens (including phenoxy) is 2. The molecule has 2 rings (SSSR count). The Hall–Kier alpha value is -3.20. The van der Waals surface area contributed by atoms with E-state index in [-0.39, 0.29) is 12.5 Å². The van der Waals surface area contributed by atoms with Crippen LogP contribution in [-0.2, 0) is 11.2 Å². The first-order chi connectivity index (χ1) is 13.2. The van der Waals surface area contributed by atoms with Crippen LogP contribution in [0.1, 0.15) is 25.0 Å². The van der Waals surface area contributed by atoms with Gasteiger partial charge in [-0.05, 0) is 62.2 Å². The average molecular weight is 367 g/mol. The molecule has 0 aliphatic carbocycles. The van der Waals surface area contributed by atoms with E-state index in [0.29, 0.717) is 31.7 Å². The van der Waals surface area contributed by atoms with Crippen LogP contribution in [-0.4, -0.2) is 32.2 Å². The smallest absolute Gasteiger partial charge is 0.239 e. The van der Waals surface area contributed by atoms with Crippen molar-refractivity contribution >= 4 is 11.6 Å². The van der Waals surface area contributed by atoms with Gasteiger partial charge in [0.15, 0.2) is 11.5 Å². The molecule has 6 heteroatoms. The number of hydrogen-bond acceptors (Lipinski definition) is 5. The molecule has 0 radical (unpaired) electrons. The molecule has 0 saturated heterocycles. The van der Waals surface area contributed by atoms with E-state index in [2.05, 4.69) is 16.7 Å². The molecule has 0 saturated carbocycles. The van der Waals surface area contributed by atoms with Gasteiger partial charge in [0.05, 0.1) is 31.4 Å². The molecule has 2 aromatic carbocycles. The van der Waals surface area contributed by atoms with Gasteiger partial charge < -0.3 is 20.1 Å². The lowest BCUT2D eigenvalue weighted by atomic mass is 10.1. The Labute approximate surface area is 160 Å². The van der Waals surface area contributed by atoms with E-state index >= 15 is 0 Å². The molecule has 142 valence electrons. The molecule has 6 nitrogen and oxygen atoms in total. The summed E-state index contributed by atoms with van der Waals surface area (Å²) >= 11 is 0. The molecule has 1 amide bonds. The molecule has 2 N–H and O–H groups in total. The van der Waals surface area contributed by atoms with Gasteiger partial charge in [-0.25, -0.2) is 0 Å². The van der Waals surface area contributed by atoms with Crippen molar-refractivity contribution in [2.75, 3.05) is 31.6 Å². The number of carbonyl (C=O) groups is 1. The molecule has 0 atom stereocenters. The van der Waals surface area contributed by atoms with E-state index < -0.39 is 0 Å². The lowest BCUT2D eigenvalue weighted by Crippen LogP contribution is -2.31. The number of anilines is 1. The Bertz CT molecular complexity index is 782. The lowest BCUT2D eigenvalue weighted by Gasteiger charge is -2.13. The van der Waals surface area contributed by atoms with Crippen LogP contribution < -0.4 is 20.1 Å². The van der Waals surface area contributed by atoms with Gasteiger partial charge in [0, 0.05) is 12.2 Å². The van der Waals surface area contributed by atoms with Gasteiger partial charge in [-0.15, -0.1) is 0 Å². The second kappa shape index (κ2) is 10.7. The van der Waals surface area contributed by atoms with E-state index in [4.69, 9.17) is 14.7 Å². The maximum Gasteiger partial charge on any atom is 0.239 e. The first-order valence-electron chi connectivity index (χ1n) is 9.05. The summed E-state index contributed by atoms with van der Waals surface area (Å²) in [5.41, 5.74) is 2.46. The second-order valence-electron chi connectivity index (χ2n) is 5.79. The van der Waals surface area contributed by atoms with Gasteiger partial charge in [-0.2, -0.15) is 5.26 Å². The van der Waals surface area contributed by atoms with Gasteiger partial charge in [0.2, 0.25) is 5.91 Å². The summed E-state index contributed by atoms with van der Waals surface area (Å²) in [6, 6.07) is 14.9. The Kier molecular flexibility index (Phi) is 7.98. The summed E-state index contributed by atoms with van der Waals surface area (Å²) < 4.78 is 11.2. The SMILES string of the molecule is CCOc1ccc(CCNC(=O)CNc2ccc(C#N)cc2)cc1OCC. The van der Waals surface area contributed by atoms with Crippen LogP contribution in [0.15, 0.2) is 42.5 Å². The number of nitrogens with one attached hydrogen (secondary N) is 2. The van der Waals surface area contributed by atoms with Crippen molar-refractivity contribution in [3.8, 4) is 17.6 Å². The summed E-state index contributed by atoms with van der Waals surface area (Å²) in [4.78, 5) is 12.0. The number of hydrogen-bond donors (Lipinski definition) is 2. The van der Waals surface area contributed by atoms with E-state index in [1.165, 1.54) is 0 Å². The van der Waals surface area contributed by atoms with E-state index in [1.807, 2.05) is 32.0 Å². The third-order valence-electron chi connectivity index (χ3n) is 3.81. The van der Waals surface area contributed by atoms with Crippen LogP contribution in [0.25, 0.3) is 0 Å². The number of rotatable bonds is 10. The molecule has 0 aromatic heterocycles. The molecule has 0 fully saturated rings. The van der Waals surface area contributed by atoms with Crippen LogP contribution in [0.5, 0.6) is 11.5 Å². The van der Waals surface area contributed by atoms with Crippen LogP contribution in [0.2, 0.25) is 0 Å². The predicted octanol–water partition coefficient (Wildman–Crippen LogP) is 3.13. The third-order valence-corrected chi connectivity index (χ3v) is 3.81. The molecule has 0 aliphatic rings. The second-order valence-corrected chi connectivity index (χ2v) is 5.79. The average Bonchev–Trinajstić information content (AvgIpc) is 2.69. The molecule has 0 bridgehead atoms. The monoisotopic (exact) mass is 367 g/mol. The summed E-state index contributed by atoms with van der Waals surface area (Å²) in [5, 5.41) is 14.7. The zero-order chi connectivity index (χ0) is 19.5. The fraction of sp³-hybridized carbons (Fsp3) is 0.333. The highest BCUT2D eigenvalue weighted by atomic mass is 16.5. The van der Waals surface area contributed by atoms with Gasteiger partial charge in [0.25, 0.3) is 0 Å². The molecule has 27 heavy (non-hydrogen) atoms. The fourth-order valence-electron chi connectivity index (χ4n) is 2.50. The highest BCUT2D eigenvalue weighted by Crippen LogP contribution is 2.28. The summed E-state index contributed by atoms with van der Waals surface area (Å²) in [7, 11) is 0. The van der Waals surface area contributed by atoms with Crippen LogP contribution in [0.3, 0.4) is 0 Å². The number of benzene rings is 2. The number of amides is 1. The van der Waals surface area contributed by atoms with E-state index in [1.54, 1.807) is 24.3 Å². The van der Waals surface area contributed by atoms with Crippen LogP contribution in [0.4, 0.5) is 5.69 Å². The largest absolute Gasteiger partial charge is 0.490 e. The lowest BCUT2D eigenvalue weighted by molar-refractivity contribution is -0.119. The van der Waals surface area contributed by atoms with Crippen molar-refractivity contribution in [3.63, 3.8) is 0 Å². The van der Waals surface area contributed by atoms with Crippen molar-refractivity contribution in [1.29, 1.82) is 5.26 Å². The third kappa shape index (κ3) is 6.55. The van der Waals surface area contributed by atoms with Gasteiger partial charge in [-0.3, -0.25) is 4.79 Å². The normalized spacial score (nSPS) is 9.96. The van der Waals surface area contributed by atoms with Crippen LogP contribution in [0, 0.1) is 11.3 Å². The molecule has 0 heterocycles. The quantitative estimate of drug-likeness (QED) is 0.674. The van der Waals surface area contributed by atoms with Gasteiger partial charge in [0.1, 0.15) is 0 Å². The van der Waals surface area contributed by atoms with Gasteiger partial charge in [-0.1, -0.05) is 6.07 Å². The summed E-state index contributed by atoms with van der Waals surface area (Å²) in [6.45, 7) is 5.74. The fourth-order valence-corrected chi connectivity index (χ4v) is 2.50. The van der Waals surface area contributed by atoms with Crippen molar-refractivity contribution < 1.29 is 14.3 Å². The van der Waals surface area contributed by atoms with Crippen molar-refractivity contribution in [2.45, 2.75) is 20.3 Å². The minimum Gasteiger partial charge on any atom is -0.490 e. The maximum absolute atomic E-state index is 12.0. The summed E-state index contributed by atoms with van der Waals surface area (Å²) in [6.07, 6.45) is 0.703. The Morgan fingerprint density at radius 3 is 2.41 bits per heavy atom. The minimum atomic E-state index is -0.0877. The Balaban J connectivity index is 1.78. The minimum absolute atomic E-state index is 0.0877. The zero-order valence-electron chi connectivity index (χ0n) is 15.7. The van der Waals surface area contributed by atoms with E-state index in [0.717, 1.165) is 22.7 Å².